The first-order valence-corrected chi connectivity index (χ1v) is 9.64. The molecule has 26 heavy (non-hydrogen) atoms. The van der Waals surface area contributed by atoms with Crippen LogP contribution in [-0.2, 0) is 11.3 Å². The SMILES string of the molecule is CCOc1ncccc1C(=O)Nc1nc(CN2CC(C)OC(C)C2)cs1. The molecule has 1 fully saturated rings. The monoisotopic (exact) mass is 376 g/mol. The van der Waals surface area contributed by atoms with Gasteiger partial charge in [0.1, 0.15) is 5.56 Å². The van der Waals surface area contributed by atoms with Gasteiger partial charge in [-0.15, -0.1) is 11.3 Å². The Morgan fingerprint density at radius 3 is 2.92 bits per heavy atom. The highest BCUT2D eigenvalue weighted by Gasteiger charge is 2.23. The van der Waals surface area contributed by atoms with Crippen LogP contribution in [0.1, 0.15) is 36.8 Å². The molecule has 0 bridgehead atoms. The lowest BCUT2D eigenvalue weighted by Gasteiger charge is -2.34. The first-order valence-electron chi connectivity index (χ1n) is 8.76. The van der Waals surface area contributed by atoms with Gasteiger partial charge in [0.05, 0.1) is 24.5 Å². The molecular weight excluding hydrogens is 352 g/mol. The standard InChI is InChI=1S/C18H24N4O3S/c1-4-24-17-15(6-5-7-19-17)16(23)21-18-20-14(11-26-18)10-22-8-12(2)25-13(3)9-22/h5-7,11-13H,4,8-10H2,1-3H3,(H,20,21,23). The average Bonchev–Trinajstić information content (AvgIpc) is 3.01. The molecule has 2 unspecified atom stereocenters. The van der Waals surface area contributed by atoms with Gasteiger partial charge in [0, 0.05) is 31.2 Å². The Bertz CT molecular complexity index is 742. The van der Waals surface area contributed by atoms with Crippen LogP contribution in [0.3, 0.4) is 0 Å². The highest BCUT2D eigenvalue weighted by atomic mass is 32.1. The highest BCUT2D eigenvalue weighted by molar-refractivity contribution is 7.14. The maximum Gasteiger partial charge on any atom is 0.262 e. The zero-order valence-electron chi connectivity index (χ0n) is 15.3. The van der Waals surface area contributed by atoms with Crippen LogP contribution in [0, 0.1) is 0 Å². The van der Waals surface area contributed by atoms with E-state index in [1.165, 1.54) is 11.3 Å². The number of nitrogens with zero attached hydrogens (tertiary/aromatic N) is 3. The van der Waals surface area contributed by atoms with E-state index in [9.17, 15) is 4.79 Å². The molecule has 3 heterocycles. The van der Waals surface area contributed by atoms with Crippen LogP contribution in [0.2, 0.25) is 0 Å². The van der Waals surface area contributed by atoms with Crippen molar-refractivity contribution in [3.8, 4) is 5.88 Å². The normalized spacial score (nSPS) is 20.7. The van der Waals surface area contributed by atoms with Crippen LogP contribution < -0.4 is 10.1 Å². The van der Waals surface area contributed by atoms with Crippen LogP contribution in [0.4, 0.5) is 5.13 Å². The number of nitrogens with one attached hydrogen (secondary N) is 1. The fourth-order valence-electron chi connectivity index (χ4n) is 3.06. The Balaban J connectivity index is 1.62. The second-order valence-electron chi connectivity index (χ2n) is 6.34. The number of hydrogen-bond donors (Lipinski definition) is 1. The molecule has 1 N–H and O–H groups in total. The summed E-state index contributed by atoms with van der Waals surface area (Å²) < 4.78 is 11.2. The molecule has 140 valence electrons. The van der Waals surface area contributed by atoms with Crippen molar-refractivity contribution in [3.05, 3.63) is 35.0 Å². The number of ether oxygens (including phenoxy) is 2. The van der Waals surface area contributed by atoms with Gasteiger partial charge in [-0.2, -0.15) is 0 Å². The maximum absolute atomic E-state index is 12.5. The average molecular weight is 376 g/mol. The minimum Gasteiger partial charge on any atom is -0.477 e. The number of aromatic nitrogens is 2. The van der Waals surface area contributed by atoms with Gasteiger partial charge in [-0.05, 0) is 32.9 Å². The Morgan fingerprint density at radius 2 is 2.19 bits per heavy atom. The topological polar surface area (TPSA) is 76.6 Å². The number of carbonyl (C=O) groups is 1. The summed E-state index contributed by atoms with van der Waals surface area (Å²) in [5, 5.41) is 5.39. The quantitative estimate of drug-likeness (QED) is 0.835. The summed E-state index contributed by atoms with van der Waals surface area (Å²) in [6.45, 7) is 9.00. The molecule has 0 spiro atoms. The molecule has 0 aliphatic carbocycles. The van der Waals surface area contributed by atoms with Gasteiger partial charge in [0.2, 0.25) is 5.88 Å². The molecule has 1 saturated heterocycles. The first-order chi connectivity index (χ1) is 12.5. The van der Waals surface area contributed by atoms with Crippen LogP contribution >= 0.6 is 11.3 Å². The summed E-state index contributed by atoms with van der Waals surface area (Å²) in [5.74, 6) is 0.0663. The van der Waals surface area contributed by atoms with Crippen LogP contribution in [0.25, 0.3) is 0 Å². The fourth-order valence-corrected chi connectivity index (χ4v) is 3.76. The number of rotatable bonds is 6. The summed E-state index contributed by atoms with van der Waals surface area (Å²) in [7, 11) is 0. The first kappa shape index (κ1) is 18.8. The minimum atomic E-state index is -0.268. The van der Waals surface area contributed by atoms with Gasteiger partial charge in [-0.1, -0.05) is 0 Å². The number of amides is 1. The van der Waals surface area contributed by atoms with Gasteiger partial charge in [0.15, 0.2) is 5.13 Å². The van der Waals surface area contributed by atoms with E-state index in [-0.39, 0.29) is 18.1 Å². The lowest BCUT2D eigenvalue weighted by Crippen LogP contribution is -2.44. The van der Waals surface area contributed by atoms with E-state index in [4.69, 9.17) is 9.47 Å². The van der Waals surface area contributed by atoms with Crippen molar-refractivity contribution in [1.29, 1.82) is 0 Å². The Labute approximate surface area is 157 Å². The second kappa shape index (κ2) is 8.57. The van der Waals surface area contributed by atoms with E-state index in [0.29, 0.717) is 23.2 Å². The van der Waals surface area contributed by atoms with Gasteiger partial charge < -0.3 is 9.47 Å². The molecule has 0 radical (unpaired) electrons. The molecule has 1 aliphatic rings. The molecule has 1 amide bonds. The largest absolute Gasteiger partial charge is 0.477 e. The molecule has 8 heteroatoms. The van der Waals surface area contributed by atoms with Crippen LogP contribution in [0.15, 0.2) is 23.7 Å². The van der Waals surface area contributed by atoms with E-state index in [2.05, 4.69) is 34.0 Å². The molecule has 2 atom stereocenters. The number of pyridine rings is 1. The molecule has 0 saturated carbocycles. The molecule has 2 aromatic rings. The summed E-state index contributed by atoms with van der Waals surface area (Å²) in [4.78, 5) is 23.5. The van der Waals surface area contributed by atoms with Crippen molar-refractivity contribution in [3.63, 3.8) is 0 Å². The third-order valence-electron chi connectivity index (χ3n) is 3.95. The summed E-state index contributed by atoms with van der Waals surface area (Å²) >= 11 is 1.42. The third kappa shape index (κ3) is 4.78. The van der Waals surface area contributed by atoms with Gasteiger partial charge in [0.25, 0.3) is 5.91 Å². The Kier molecular flexibility index (Phi) is 6.18. The molecule has 0 aromatic carbocycles. The lowest BCUT2D eigenvalue weighted by molar-refractivity contribution is -0.0707. The third-order valence-corrected chi connectivity index (χ3v) is 4.76. The van der Waals surface area contributed by atoms with E-state index in [1.54, 1.807) is 18.3 Å². The summed E-state index contributed by atoms with van der Waals surface area (Å²) in [5.41, 5.74) is 1.35. The number of thiazole rings is 1. The van der Waals surface area contributed by atoms with E-state index in [0.717, 1.165) is 25.3 Å². The molecule has 2 aromatic heterocycles. The molecule has 1 aliphatic heterocycles. The number of hydrogen-bond acceptors (Lipinski definition) is 7. The second-order valence-corrected chi connectivity index (χ2v) is 7.20. The van der Waals surface area contributed by atoms with Crippen molar-refractivity contribution in [2.45, 2.75) is 39.5 Å². The van der Waals surface area contributed by atoms with Crippen LogP contribution in [-0.4, -0.2) is 52.7 Å². The van der Waals surface area contributed by atoms with Crippen molar-refractivity contribution in [2.75, 3.05) is 25.0 Å². The Morgan fingerprint density at radius 1 is 1.42 bits per heavy atom. The van der Waals surface area contributed by atoms with E-state index in [1.807, 2.05) is 12.3 Å². The van der Waals surface area contributed by atoms with E-state index < -0.39 is 0 Å². The van der Waals surface area contributed by atoms with Crippen molar-refractivity contribution >= 4 is 22.4 Å². The predicted octanol–water partition coefficient (Wildman–Crippen LogP) is 2.80. The Hall–Kier alpha value is -2.03. The summed E-state index contributed by atoms with van der Waals surface area (Å²) in [6, 6.07) is 3.41. The van der Waals surface area contributed by atoms with Crippen molar-refractivity contribution in [2.24, 2.45) is 0 Å². The molecule has 7 nitrogen and oxygen atoms in total. The number of anilines is 1. The van der Waals surface area contributed by atoms with Crippen LogP contribution in [0.5, 0.6) is 5.88 Å². The highest BCUT2D eigenvalue weighted by Crippen LogP contribution is 2.21. The van der Waals surface area contributed by atoms with Gasteiger partial charge in [-0.3, -0.25) is 15.0 Å². The fraction of sp³-hybridized carbons (Fsp3) is 0.500. The lowest BCUT2D eigenvalue weighted by atomic mass is 10.2. The number of morpholine rings is 1. The minimum absolute atomic E-state index is 0.221. The zero-order chi connectivity index (χ0) is 18.5. The van der Waals surface area contributed by atoms with E-state index >= 15 is 0 Å². The summed E-state index contributed by atoms with van der Waals surface area (Å²) in [6.07, 6.45) is 2.05. The smallest absolute Gasteiger partial charge is 0.262 e. The van der Waals surface area contributed by atoms with Crippen molar-refractivity contribution in [1.82, 2.24) is 14.9 Å². The van der Waals surface area contributed by atoms with Crippen molar-refractivity contribution < 1.29 is 14.3 Å². The molecule has 3 rings (SSSR count). The van der Waals surface area contributed by atoms with Gasteiger partial charge >= 0.3 is 0 Å². The zero-order valence-corrected chi connectivity index (χ0v) is 16.1. The predicted molar refractivity (Wildman–Crippen MR) is 101 cm³/mol. The number of carbonyl (C=O) groups excluding carboxylic acids is 1. The van der Waals surface area contributed by atoms with Gasteiger partial charge in [-0.25, -0.2) is 9.97 Å². The maximum atomic E-state index is 12.5. The molecular formula is C18H24N4O3S.